The number of rotatable bonds is 5. The van der Waals surface area contributed by atoms with Crippen LogP contribution in [0.1, 0.15) is 36.6 Å². The SMILES string of the molecule is COc1ccc([C@H]2OCC[C@@H]2NC(C)c2ccc(F)cc2F)cn1. The first-order valence-corrected chi connectivity index (χ1v) is 7.91. The van der Waals surface area contributed by atoms with Crippen molar-refractivity contribution in [2.75, 3.05) is 13.7 Å². The summed E-state index contributed by atoms with van der Waals surface area (Å²) in [4.78, 5) is 4.21. The molecular formula is C18H20F2N2O2. The average molecular weight is 334 g/mol. The van der Waals surface area contributed by atoms with Crippen LogP contribution in [-0.2, 0) is 4.74 Å². The third-order valence-corrected chi connectivity index (χ3v) is 4.28. The first-order chi connectivity index (χ1) is 11.6. The highest BCUT2D eigenvalue weighted by Gasteiger charge is 2.31. The van der Waals surface area contributed by atoms with Crippen LogP contribution in [0.5, 0.6) is 5.88 Å². The summed E-state index contributed by atoms with van der Waals surface area (Å²) in [6.45, 7) is 2.48. The molecular weight excluding hydrogens is 314 g/mol. The quantitative estimate of drug-likeness (QED) is 0.908. The summed E-state index contributed by atoms with van der Waals surface area (Å²) in [5.41, 5.74) is 1.38. The molecule has 1 N–H and O–H groups in total. The van der Waals surface area contributed by atoms with Crippen molar-refractivity contribution in [1.82, 2.24) is 10.3 Å². The maximum absolute atomic E-state index is 13.9. The van der Waals surface area contributed by atoms with Gasteiger partial charge in [0.15, 0.2) is 0 Å². The van der Waals surface area contributed by atoms with Gasteiger partial charge < -0.3 is 14.8 Å². The highest BCUT2D eigenvalue weighted by Crippen LogP contribution is 2.31. The molecule has 1 fully saturated rings. The number of halogens is 2. The Morgan fingerprint density at radius 2 is 2.12 bits per heavy atom. The Kier molecular flexibility index (Phi) is 5.06. The van der Waals surface area contributed by atoms with Gasteiger partial charge in [0.05, 0.1) is 13.2 Å². The Morgan fingerprint density at radius 1 is 1.29 bits per heavy atom. The lowest BCUT2D eigenvalue weighted by Crippen LogP contribution is -2.34. The Labute approximate surface area is 139 Å². The Hall–Kier alpha value is -2.05. The summed E-state index contributed by atoms with van der Waals surface area (Å²) in [5.74, 6) is -0.575. The lowest BCUT2D eigenvalue weighted by Gasteiger charge is -2.24. The number of hydrogen-bond donors (Lipinski definition) is 1. The van der Waals surface area contributed by atoms with Gasteiger partial charge in [0.2, 0.25) is 5.88 Å². The molecule has 4 nitrogen and oxygen atoms in total. The van der Waals surface area contributed by atoms with Gasteiger partial charge in [-0.05, 0) is 25.5 Å². The highest BCUT2D eigenvalue weighted by molar-refractivity contribution is 5.24. The van der Waals surface area contributed by atoms with E-state index in [1.807, 2.05) is 13.0 Å². The van der Waals surface area contributed by atoms with E-state index in [0.29, 0.717) is 18.1 Å². The maximum Gasteiger partial charge on any atom is 0.212 e. The second kappa shape index (κ2) is 7.23. The first kappa shape index (κ1) is 16.8. The van der Waals surface area contributed by atoms with Gasteiger partial charge in [-0.3, -0.25) is 0 Å². The lowest BCUT2D eigenvalue weighted by atomic mass is 10.0. The molecule has 0 bridgehead atoms. The van der Waals surface area contributed by atoms with E-state index in [0.717, 1.165) is 18.1 Å². The molecule has 1 aromatic carbocycles. The zero-order chi connectivity index (χ0) is 17.1. The second-order valence-corrected chi connectivity index (χ2v) is 5.87. The largest absolute Gasteiger partial charge is 0.481 e. The summed E-state index contributed by atoms with van der Waals surface area (Å²) in [7, 11) is 1.57. The molecule has 3 atom stereocenters. The van der Waals surface area contributed by atoms with Crippen molar-refractivity contribution in [1.29, 1.82) is 0 Å². The fraction of sp³-hybridized carbons (Fsp3) is 0.389. The molecule has 0 radical (unpaired) electrons. The van der Waals surface area contributed by atoms with Crippen LogP contribution >= 0.6 is 0 Å². The van der Waals surface area contributed by atoms with Gasteiger partial charge in [0.1, 0.15) is 11.6 Å². The average Bonchev–Trinajstić information content (AvgIpc) is 3.03. The summed E-state index contributed by atoms with van der Waals surface area (Å²) in [5, 5.41) is 3.39. The van der Waals surface area contributed by atoms with E-state index in [1.54, 1.807) is 19.4 Å². The van der Waals surface area contributed by atoms with E-state index in [2.05, 4.69) is 10.3 Å². The number of nitrogens with zero attached hydrogens (tertiary/aromatic N) is 1. The minimum Gasteiger partial charge on any atom is -0.481 e. The first-order valence-electron chi connectivity index (χ1n) is 7.91. The van der Waals surface area contributed by atoms with E-state index >= 15 is 0 Å². The van der Waals surface area contributed by atoms with Gasteiger partial charge >= 0.3 is 0 Å². The van der Waals surface area contributed by atoms with Gasteiger partial charge in [0, 0.05) is 48.1 Å². The van der Waals surface area contributed by atoms with Crippen molar-refractivity contribution < 1.29 is 18.3 Å². The van der Waals surface area contributed by atoms with Crippen LogP contribution in [0.4, 0.5) is 8.78 Å². The van der Waals surface area contributed by atoms with Crippen molar-refractivity contribution in [3.63, 3.8) is 0 Å². The molecule has 24 heavy (non-hydrogen) atoms. The van der Waals surface area contributed by atoms with Crippen molar-refractivity contribution in [2.45, 2.75) is 31.5 Å². The third kappa shape index (κ3) is 3.55. The molecule has 0 amide bonds. The molecule has 1 aromatic heterocycles. The van der Waals surface area contributed by atoms with Crippen LogP contribution in [0.15, 0.2) is 36.5 Å². The van der Waals surface area contributed by atoms with Gasteiger partial charge in [-0.1, -0.05) is 6.07 Å². The fourth-order valence-electron chi connectivity index (χ4n) is 3.03. The summed E-state index contributed by atoms with van der Waals surface area (Å²) >= 11 is 0. The number of methoxy groups -OCH3 is 1. The lowest BCUT2D eigenvalue weighted by molar-refractivity contribution is 0.0963. The minimum absolute atomic E-state index is 0.0275. The van der Waals surface area contributed by atoms with Crippen LogP contribution in [0.2, 0.25) is 0 Å². The Morgan fingerprint density at radius 3 is 2.79 bits per heavy atom. The molecule has 0 saturated carbocycles. The number of benzene rings is 1. The van der Waals surface area contributed by atoms with Crippen molar-refractivity contribution in [3.8, 4) is 5.88 Å². The van der Waals surface area contributed by atoms with Crippen LogP contribution in [-0.4, -0.2) is 24.7 Å². The standard InChI is InChI=1S/C18H20F2N2O2/c1-11(14-5-4-13(19)9-15(14)20)22-16-7-8-24-18(16)12-3-6-17(23-2)21-10-12/h3-6,9-11,16,18,22H,7-8H2,1-2H3/t11?,16-,18+/m0/s1. The van der Waals surface area contributed by atoms with E-state index in [-0.39, 0.29) is 18.2 Å². The predicted octanol–water partition coefficient (Wildman–Crippen LogP) is 3.55. The molecule has 1 saturated heterocycles. The smallest absolute Gasteiger partial charge is 0.212 e. The molecule has 0 aliphatic carbocycles. The van der Waals surface area contributed by atoms with E-state index in [1.165, 1.54) is 12.1 Å². The molecule has 1 aliphatic rings. The summed E-state index contributed by atoms with van der Waals surface area (Å²) in [6.07, 6.45) is 2.38. The zero-order valence-electron chi connectivity index (χ0n) is 13.6. The maximum atomic E-state index is 13.9. The Balaban J connectivity index is 1.73. The monoisotopic (exact) mass is 334 g/mol. The van der Waals surface area contributed by atoms with Crippen molar-refractivity contribution in [3.05, 3.63) is 59.3 Å². The van der Waals surface area contributed by atoms with E-state index in [4.69, 9.17) is 9.47 Å². The predicted molar refractivity (Wildman–Crippen MR) is 85.8 cm³/mol. The molecule has 2 heterocycles. The van der Waals surface area contributed by atoms with Crippen LogP contribution < -0.4 is 10.1 Å². The molecule has 1 unspecified atom stereocenters. The molecule has 0 spiro atoms. The highest BCUT2D eigenvalue weighted by atomic mass is 19.1. The van der Waals surface area contributed by atoms with Crippen LogP contribution in [0, 0.1) is 11.6 Å². The third-order valence-electron chi connectivity index (χ3n) is 4.28. The molecule has 1 aliphatic heterocycles. The van der Waals surface area contributed by atoms with E-state index in [9.17, 15) is 8.78 Å². The van der Waals surface area contributed by atoms with Gasteiger partial charge in [0.25, 0.3) is 0 Å². The van der Waals surface area contributed by atoms with Gasteiger partial charge in [-0.25, -0.2) is 13.8 Å². The summed E-state index contributed by atoms with van der Waals surface area (Å²) < 4.78 is 37.9. The number of pyridine rings is 1. The minimum atomic E-state index is -0.574. The number of aromatic nitrogens is 1. The van der Waals surface area contributed by atoms with E-state index < -0.39 is 11.6 Å². The Bertz CT molecular complexity index is 694. The zero-order valence-corrected chi connectivity index (χ0v) is 13.6. The molecule has 6 heteroatoms. The number of hydrogen-bond acceptors (Lipinski definition) is 4. The van der Waals surface area contributed by atoms with Crippen molar-refractivity contribution in [2.24, 2.45) is 0 Å². The topological polar surface area (TPSA) is 43.4 Å². The van der Waals surface area contributed by atoms with Crippen LogP contribution in [0.3, 0.4) is 0 Å². The molecule has 3 rings (SSSR count). The van der Waals surface area contributed by atoms with Gasteiger partial charge in [-0.15, -0.1) is 0 Å². The number of ether oxygens (including phenoxy) is 2. The second-order valence-electron chi connectivity index (χ2n) is 5.87. The van der Waals surface area contributed by atoms with Crippen molar-refractivity contribution >= 4 is 0 Å². The molecule has 128 valence electrons. The normalized spacial score (nSPS) is 21.7. The summed E-state index contributed by atoms with van der Waals surface area (Å²) in [6, 6.07) is 7.13. The van der Waals surface area contributed by atoms with Crippen LogP contribution in [0.25, 0.3) is 0 Å². The molecule has 2 aromatic rings. The number of nitrogens with one attached hydrogen (secondary N) is 1. The fourth-order valence-corrected chi connectivity index (χ4v) is 3.03. The van der Waals surface area contributed by atoms with Gasteiger partial charge in [-0.2, -0.15) is 0 Å².